The second-order valence-corrected chi connectivity index (χ2v) is 4.83. The number of carbonyl (C=O) groups excluding carboxylic acids is 1. The predicted octanol–water partition coefficient (Wildman–Crippen LogP) is 1.73. The lowest BCUT2D eigenvalue weighted by atomic mass is 10.1. The van der Waals surface area contributed by atoms with Gasteiger partial charge in [0.1, 0.15) is 5.56 Å². The van der Waals surface area contributed by atoms with E-state index >= 15 is 0 Å². The molecular formula is C11H13BrN2O4. The van der Waals surface area contributed by atoms with E-state index in [1.54, 1.807) is 13.2 Å². The fourth-order valence-corrected chi connectivity index (χ4v) is 1.79. The average Bonchev–Trinajstić information content (AvgIpc) is 2.36. The standard InChI is InChI=1S/C11H13BrN2O4/c1-18-7-8(12)6-13-11(15)9-4-2-3-5-10(9)14(16)17/h2-5,8H,6-7H2,1H3,(H,13,15). The maximum absolute atomic E-state index is 11.8. The smallest absolute Gasteiger partial charge is 0.282 e. The van der Waals surface area contributed by atoms with Crippen LogP contribution >= 0.6 is 15.9 Å². The van der Waals surface area contributed by atoms with Crippen LogP contribution in [0.1, 0.15) is 10.4 Å². The van der Waals surface area contributed by atoms with Crippen LogP contribution in [-0.4, -0.2) is 35.9 Å². The number of ether oxygens (including phenoxy) is 1. The minimum absolute atomic E-state index is 0.0331. The molecule has 6 nitrogen and oxygen atoms in total. The molecule has 0 saturated carbocycles. The molecule has 0 aliphatic heterocycles. The van der Waals surface area contributed by atoms with Gasteiger partial charge in [-0.25, -0.2) is 0 Å². The summed E-state index contributed by atoms with van der Waals surface area (Å²) in [7, 11) is 1.55. The normalized spacial score (nSPS) is 11.9. The average molecular weight is 317 g/mol. The van der Waals surface area contributed by atoms with E-state index in [0.29, 0.717) is 13.2 Å². The lowest BCUT2D eigenvalue weighted by Crippen LogP contribution is -2.31. The minimum Gasteiger partial charge on any atom is -0.383 e. The molecule has 0 aliphatic rings. The van der Waals surface area contributed by atoms with Gasteiger partial charge in [-0.05, 0) is 6.07 Å². The summed E-state index contributed by atoms with van der Waals surface area (Å²) in [6.07, 6.45) is 0. The summed E-state index contributed by atoms with van der Waals surface area (Å²) in [5.74, 6) is -0.470. The number of nitro benzene ring substituents is 1. The van der Waals surface area contributed by atoms with Gasteiger partial charge in [-0.3, -0.25) is 14.9 Å². The quantitative estimate of drug-likeness (QED) is 0.492. The molecule has 0 aliphatic carbocycles. The molecule has 1 rings (SSSR count). The number of hydrogen-bond donors (Lipinski definition) is 1. The van der Waals surface area contributed by atoms with Gasteiger partial charge in [-0.15, -0.1) is 0 Å². The highest BCUT2D eigenvalue weighted by atomic mass is 79.9. The van der Waals surface area contributed by atoms with Gasteiger partial charge in [0.25, 0.3) is 11.6 Å². The lowest BCUT2D eigenvalue weighted by Gasteiger charge is -2.10. The predicted molar refractivity (Wildman–Crippen MR) is 70.0 cm³/mol. The first-order valence-electron chi connectivity index (χ1n) is 5.21. The summed E-state index contributed by atoms with van der Waals surface area (Å²) in [4.78, 5) is 22.0. The van der Waals surface area contributed by atoms with Crippen molar-refractivity contribution in [3.05, 3.63) is 39.9 Å². The Labute approximate surface area is 113 Å². The second-order valence-electron chi connectivity index (χ2n) is 3.54. The van der Waals surface area contributed by atoms with Crippen molar-refractivity contribution in [1.29, 1.82) is 0 Å². The highest BCUT2D eigenvalue weighted by Crippen LogP contribution is 2.17. The van der Waals surface area contributed by atoms with Crippen molar-refractivity contribution in [3.63, 3.8) is 0 Å². The molecule has 1 aromatic carbocycles. The zero-order valence-corrected chi connectivity index (χ0v) is 11.3. The van der Waals surface area contributed by atoms with Crippen LogP contribution in [0.25, 0.3) is 0 Å². The van der Waals surface area contributed by atoms with Crippen molar-refractivity contribution >= 4 is 27.5 Å². The van der Waals surface area contributed by atoms with Crippen LogP contribution < -0.4 is 5.32 Å². The number of methoxy groups -OCH3 is 1. The van der Waals surface area contributed by atoms with E-state index in [-0.39, 0.29) is 16.1 Å². The van der Waals surface area contributed by atoms with E-state index in [0.717, 1.165) is 0 Å². The van der Waals surface area contributed by atoms with Gasteiger partial charge in [0, 0.05) is 19.7 Å². The monoisotopic (exact) mass is 316 g/mol. The van der Waals surface area contributed by atoms with Crippen molar-refractivity contribution in [3.8, 4) is 0 Å². The Morgan fingerprint density at radius 2 is 2.22 bits per heavy atom. The first-order chi connectivity index (χ1) is 8.56. The molecule has 0 saturated heterocycles. The summed E-state index contributed by atoms with van der Waals surface area (Å²) < 4.78 is 4.90. The van der Waals surface area contributed by atoms with Crippen LogP contribution in [0.15, 0.2) is 24.3 Å². The van der Waals surface area contributed by atoms with Gasteiger partial charge in [-0.2, -0.15) is 0 Å². The Hall–Kier alpha value is -1.47. The second kappa shape index (κ2) is 7.07. The number of nitrogens with one attached hydrogen (secondary N) is 1. The number of benzene rings is 1. The number of para-hydroxylation sites is 1. The molecule has 98 valence electrons. The van der Waals surface area contributed by atoms with E-state index in [4.69, 9.17) is 4.74 Å². The fourth-order valence-electron chi connectivity index (χ4n) is 1.36. The van der Waals surface area contributed by atoms with Gasteiger partial charge in [-0.1, -0.05) is 28.1 Å². The maximum atomic E-state index is 11.8. The van der Waals surface area contributed by atoms with Crippen LogP contribution in [0.5, 0.6) is 0 Å². The molecule has 7 heteroatoms. The third kappa shape index (κ3) is 4.08. The number of nitrogens with zero attached hydrogens (tertiary/aromatic N) is 1. The van der Waals surface area contributed by atoms with Crippen molar-refractivity contribution < 1.29 is 14.5 Å². The number of rotatable bonds is 6. The third-order valence-corrected chi connectivity index (χ3v) is 2.77. The molecule has 1 unspecified atom stereocenters. The Bertz CT molecular complexity index is 439. The topological polar surface area (TPSA) is 81.5 Å². The molecule has 1 N–H and O–H groups in total. The zero-order valence-electron chi connectivity index (χ0n) is 9.76. The molecular weight excluding hydrogens is 304 g/mol. The van der Waals surface area contributed by atoms with E-state index in [1.807, 2.05) is 0 Å². The Morgan fingerprint density at radius 1 is 1.56 bits per heavy atom. The van der Waals surface area contributed by atoms with Crippen molar-refractivity contribution in [2.24, 2.45) is 0 Å². The molecule has 0 fully saturated rings. The first-order valence-corrected chi connectivity index (χ1v) is 6.12. The van der Waals surface area contributed by atoms with E-state index < -0.39 is 10.8 Å². The molecule has 0 bridgehead atoms. The van der Waals surface area contributed by atoms with Crippen LogP contribution in [0.2, 0.25) is 0 Å². The summed E-state index contributed by atoms with van der Waals surface area (Å²) in [5.41, 5.74) is -0.146. The van der Waals surface area contributed by atoms with Gasteiger partial charge in [0.15, 0.2) is 0 Å². The highest BCUT2D eigenvalue weighted by molar-refractivity contribution is 9.09. The third-order valence-electron chi connectivity index (χ3n) is 2.18. The SMILES string of the molecule is COCC(Br)CNC(=O)c1ccccc1[N+](=O)[O-]. The summed E-state index contributed by atoms with van der Waals surface area (Å²) in [5, 5.41) is 13.4. The maximum Gasteiger partial charge on any atom is 0.282 e. The molecule has 1 atom stereocenters. The van der Waals surface area contributed by atoms with E-state index in [9.17, 15) is 14.9 Å². The zero-order chi connectivity index (χ0) is 13.5. The van der Waals surface area contributed by atoms with E-state index in [1.165, 1.54) is 18.2 Å². The van der Waals surface area contributed by atoms with E-state index in [2.05, 4.69) is 21.2 Å². The van der Waals surface area contributed by atoms with Crippen molar-refractivity contribution in [1.82, 2.24) is 5.32 Å². The summed E-state index contributed by atoms with van der Waals surface area (Å²) in [6, 6.07) is 5.83. The van der Waals surface area contributed by atoms with Gasteiger partial charge in [0.05, 0.1) is 16.4 Å². The lowest BCUT2D eigenvalue weighted by molar-refractivity contribution is -0.385. The molecule has 1 aromatic rings. The largest absolute Gasteiger partial charge is 0.383 e. The molecule has 0 radical (unpaired) electrons. The number of hydrogen-bond acceptors (Lipinski definition) is 4. The van der Waals surface area contributed by atoms with Gasteiger partial charge < -0.3 is 10.1 Å². The van der Waals surface area contributed by atoms with Crippen LogP contribution in [-0.2, 0) is 4.74 Å². The Balaban J connectivity index is 2.70. The number of carbonyl (C=O) groups is 1. The van der Waals surface area contributed by atoms with Crippen molar-refractivity contribution in [2.45, 2.75) is 4.83 Å². The number of alkyl halides is 1. The van der Waals surface area contributed by atoms with Crippen LogP contribution in [0, 0.1) is 10.1 Å². The van der Waals surface area contributed by atoms with Crippen molar-refractivity contribution in [2.75, 3.05) is 20.3 Å². The first kappa shape index (κ1) is 14.6. The Morgan fingerprint density at radius 3 is 2.83 bits per heavy atom. The van der Waals surface area contributed by atoms with Gasteiger partial charge in [0.2, 0.25) is 0 Å². The highest BCUT2D eigenvalue weighted by Gasteiger charge is 2.19. The fraction of sp³-hybridized carbons (Fsp3) is 0.364. The molecule has 0 spiro atoms. The molecule has 1 amide bonds. The minimum atomic E-state index is -0.574. The molecule has 18 heavy (non-hydrogen) atoms. The molecule has 0 aromatic heterocycles. The number of amides is 1. The number of nitro groups is 1. The van der Waals surface area contributed by atoms with Crippen LogP contribution in [0.4, 0.5) is 5.69 Å². The summed E-state index contributed by atoms with van der Waals surface area (Å²) in [6.45, 7) is 0.774. The number of halogens is 1. The Kier molecular flexibility index (Phi) is 5.73. The summed E-state index contributed by atoms with van der Waals surface area (Å²) >= 11 is 3.31. The van der Waals surface area contributed by atoms with Gasteiger partial charge >= 0.3 is 0 Å². The van der Waals surface area contributed by atoms with Crippen LogP contribution in [0.3, 0.4) is 0 Å². The molecule has 0 heterocycles.